The van der Waals surface area contributed by atoms with Crippen LogP contribution in [0.5, 0.6) is 11.5 Å². The number of hydrogen-bond donors (Lipinski definition) is 3. The van der Waals surface area contributed by atoms with Gasteiger partial charge in [0.1, 0.15) is 0 Å². The van der Waals surface area contributed by atoms with Crippen LogP contribution in [0.25, 0.3) is 10.8 Å². The highest BCUT2D eigenvalue weighted by Crippen LogP contribution is 2.35. The van der Waals surface area contributed by atoms with Gasteiger partial charge in [0.25, 0.3) is 0 Å². The second-order valence-corrected chi connectivity index (χ2v) is 3.15. The van der Waals surface area contributed by atoms with E-state index in [4.69, 9.17) is 5.73 Å². The first-order valence-electron chi connectivity index (χ1n) is 4.36. The largest absolute Gasteiger partial charge is 0.504 e. The second-order valence-electron chi connectivity index (χ2n) is 3.15. The summed E-state index contributed by atoms with van der Waals surface area (Å²) < 4.78 is 0. The van der Waals surface area contributed by atoms with Crippen molar-refractivity contribution in [3.63, 3.8) is 0 Å². The third-order valence-electron chi connectivity index (χ3n) is 2.30. The SMILES string of the molecule is NCc1cccc2ccc(O)c(O)c12. The lowest BCUT2D eigenvalue weighted by Gasteiger charge is -2.07. The van der Waals surface area contributed by atoms with Gasteiger partial charge in [0.2, 0.25) is 0 Å². The molecule has 0 radical (unpaired) electrons. The number of rotatable bonds is 1. The van der Waals surface area contributed by atoms with Crippen LogP contribution >= 0.6 is 0 Å². The predicted octanol–water partition coefficient (Wildman–Crippen LogP) is 1.71. The molecule has 0 aliphatic carbocycles. The minimum absolute atomic E-state index is 0.0939. The molecule has 0 aliphatic rings. The lowest BCUT2D eigenvalue weighted by molar-refractivity contribution is 0.408. The van der Waals surface area contributed by atoms with E-state index in [1.807, 2.05) is 18.2 Å². The molecule has 0 amide bonds. The summed E-state index contributed by atoms with van der Waals surface area (Å²) in [5.74, 6) is -0.207. The number of phenolic OH excluding ortho intramolecular Hbond substituents is 2. The van der Waals surface area contributed by atoms with Crippen LogP contribution < -0.4 is 5.73 Å². The highest BCUT2D eigenvalue weighted by molar-refractivity contribution is 5.93. The molecule has 14 heavy (non-hydrogen) atoms. The number of phenols is 2. The topological polar surface area (TPSA) is 66.5 Å². The number of aromatic hydroxyl groups is 2. The van der Waals surface area contributed by atoms with Gasteiger partial charge < -0.3 is 15.9 Å². The first kappa shape index (κ1) is 8.84. The van der Waals surface area contributed by atoms with Crippen molar-refractivity contribution in [2.24, 2.45) is 5.73 Å². The van der Waals surface area contributed by atoms with Gasteiger partial charge in [0.15, 0.2) is 11.5 Å². The third kappa shape index (κ3) is 1.18. The molecule has 0 atom stereocenters. The molecule has 4 N–H and O–H groups in total. The van der Waals surface area contributed by atoms with Crippen LogP contribution in [0.15, 0.2) is 30.3 Å². The van der Waals surface area contributed by atoms with E-state index in [0.717, 1.165) is 10.9 Å². The number of benzene rings is 2. The second kappa shape index (κ2) is 3.20. The van der Waals surface area contributed by atoms with Crippen LogP contribution in [0, 0.1) is 0 Å². The molecule has 0 saturated carbocycles. The summed E-state index contributed by atoms with van der Waals surface area (Å²) in [6.45, 7) is 0.342. The Morgan fingerprint density at radius 3 is 2.57 bits per heavy atom. The molecule has 0 bridgehead atoms. The van der Waals surface area contributed by atoms with Crippen LogP contribution in [0.1, 0.15) is 5.56 Å². The third-order valence-corrected chi connectivity index (χ3v) is 2.30. The van der Waals surface area contributed by atoms with Gasteiger partial charge in [-0.1, -0.05) is 24.3 Å². The molecule has 3 heteroatoms. The van der Waals surface area contributed by atoms with E-state index in [9.17, 15) is 10.2 Å². The molecule has 2 rings (SSSR count). The van der Waals surface area contributed by atoms with Crippen molar-refractivity contribution in [1.82, 2.24) is 0 Å². The Kier molecular flexibility index (Phi) is 2.02. The smallest absolute Gasteiger partial charge is 0.165 e. The van der Waals surface area contributed by atoms with Crippen LogP contribution in [-0.2, 0) is 6.54 Å². The van der Waals surface area contributed by atoms with Gasteiger partial charge in [0.05, 0.1) is 0 Å². The summed E-state index contributed by atoms with van der Waals surface area (Å²) >= 11 is 0. The van der Waals surface area contributed by atoms with Gasteiger partial charge in [-0.25, -0.2) is 0 Å². The summed E-state index contributed by atoms with van der Waals surface area (Å²) in [4.78, 5) is 0. The fourth-order valence-corrected chi connectivity index (χ4v) is 1.59. The minimum Gasteiger partial charge on any atom is -0.504 e. The Morgan fingerprint density at radius 2 is 1.86 bits per heavy atom. The van der Waals surface area contributed by atoms with Crippen molar-refractivity contribution in [1.29, 1.82) is 0 Å². The van der Waals surface area contributed by atoms with E-state index >= 15 is 0 Å². The zero-order valence-electron chi connectivity index (χ0n) is 7.57. The molecule has 0 aromatic heterocycles. The van der Waals surface area contributed by atoms with Gasteiger partial charge in [-0.05, 0) is 17.0 Å². The van der Waals surface area contributed by atoms with E-state index in [2.05, 4.69) is 0 Å². The van der Waals surface area contributed by atoms with Crippen LogP contribution in [0.3, 0.4) is 0 Å². The summed E-state index contributed by atoms with van der Waals surface area (Å²) in [5.41, 5.74) is 6.37. The highest BCUT2D eigenvalue weighted by Gasteiger charge is 2.07. The van der Waals surface area contributed by atoms with Gasteiger partial charge in [-0.15, -0.1) is 0 Å². The Balaban J connectivity index is 2.89. The standard InChI is InChI=1S/C11H11NO2/c12-6-8-3-1-2-7-4-5-9(13)11(14)10(7)8/h1-5,13-14H,6,12H2. The normalized spacial score (nSPS) is 10.6. The minimum atomic E-state index is -0.113. The molecule has 0 unspecified atom stereocenters. The maximum atomic E-state index is 9.66. The average molecular weight is 189 g/mol. The first-order chi connectivity index (χ1) is 6.74. The van der Waals surface area contributed by atoms with Crippen LogP contribution in [0.4, 0.5) is 0 Å². The molecular formula is C11H11NO2. The molecule has 0 fully saturated rings. The summed E-state index contributed by atoms with van der Waals surface area (Å²) in [7, 11) is 0. The van der Waals surface area contributed by atoms with Crippen molar-refractivity contribution in [3.05, 3.63) is 35.9 Å². The number of fused-ring (bicyclic) bond motifs is 1. The Labute approximate surface area is 81.4 Å². The fourth-order valence-electron chi connectivity index (χ4n) is 1.59. The van der Waals surface area contributed by atoms with Crippen molar-refractivity contribution in [3.8, 4) is 11.5 Å². The molecule has 0 aliphatic heterocycles. The lowest BCUT2D eigenvalue weighted by Crippen LogP contribution is -1.96. The average Bonchev–Trinajstić information content (AvgIpc) is 2.23. The zero-order valence-corrected chi connectivity index (χ0v) is 7.57. The quantitative estimate of drug-likeness (QED) is 0.598. The monoisotopic (exact) mass is 189 g/mol. The Morgan fingerprint density at radius 1 is 1.07 bits per heavy atom. The van der Waals surface area contributed by atoms with Crippen LogP contribution in [-0.4, -0.2) is 10.2 Å². The zero-order chi connectivity index (χ0) is 10.1. The fraction of sp³-hybridized carbons (Fsp3) is 0.0909. The van der Waals surface area contributed by atoms with E-state index in [1.165, 1.54) is 6.07 Å². The molecule has 2 aromatic rings. The van der Waals surface area contributed by atoms with Gasteiger partial charge >= 0.3 is 0 Å². The molecule has 3 nitrogen and oxygen atoms in total. The van der Waals surface area contributed by atoms with Gasteiger partial charge in [0, 0.05) is 11.9 Å². The van der Waals surface area contributed by atoms with Crippen molar-refractivity contribution in [2.75, 3.05) is 0 Å². The van der Waals surface area contributed by atoms with Gasteiger partial charge in [-0.3, -0.25) is 0 Å². The van der Waals surface area contributed by atoms with Crippen molar-refractivity contribution < 1.29 is 10.2 Å². The van der Waals surface area contributed by atoms with Crippen LogP contribution in [0.2, 0.25) is 0 Å². The van der Waals surface area contributed by atoms with Crippen molar-refractivity contribution >= 4 is 10.8 Å². The van der Waals surface area contributed by atoms with Gasteiger partial charge in [-0.2, -0.15) is 0 Å². The van der Waals surface area contributed by atoms with Crippen molar-refractivity contribution in [2.45, 2.75) is 6.54 Å². The molecular weight excluding hydrogens is 178 g/mol. The van der Waals surface area contributed by atoms with E-state index in [-0.39, 0.29) is 11.5 Å². The molecule has 72 valence electrons. The summed E-state index contributed by atoms with van der Waals surface area (Å²) in [5, 5.41) is 20.5. The predicted molar refractivity (Wildman–Crippen MR) is 55.2 cm³/mol. The molecule has 0 heterocycles. The van der Waals surface area contributed by atoms with E-state index in [0.29, 0.717) is 11.9 Å². The number of nitrogens with two attached hydrogens (primary N) is 1. The summed E-state index contributed by atoms with van der Waals surface area (Å²) in [6, 6.07) is 8.80. The maximum Gasteiger partial charge on any atom is 0.165 e. The first-order valence-corrected chi connectivity index (χ1v) is 4.36. The van der Waals surface area contributed by atoms with E-state index < -0.39 is 0 Å². The summed E-state index contributed by atoms with van der Waals surface area (Å²) in [6.07, 6.45) is 0. The molecule has 2 aromatic carbocycles. The number of hydrogen-bond acceptors (Lipinski definition) is 3. The Bertz CT molecular complexity index is 480. The molecule has 0 spiro atoms. The highest BCUT2D eigenvalue weighted by atomic mass is 16.3. The lowest BCUT2D eigenvalue weighted by atomic mass is 10.0. The maximum absolute atomic E-state index is 9.66. The van der Waals surface area contributed by atoms with E-state index in [1.54, 1.807) is 6.07 Å². The Hall–Kier alpha value is -1.74. The molecule has 0 saturated heterocycles.